The van der Waals surface area contributed by atoms with Gasteiger partial charge in [0.25, 0.3) is 0 Å². The zero-order valence-corrected chi connectivity index (χ0v) is 17.4. The summed E-state index contributed by atoms with van der Waals surface area (Å²) in [4.78, 5) is 12.0. The van der Waals surface area contributed by atoms with Crippen molar-refractivity contribution in [2.45, 2.75) is 64.1 Å². The molecule has 0 radical (unpaired) electrons. The number of fused-ring (bicyclic) bond motifs is 2. The number of ether oxygens (including phenoxy) is 2. The van der Waals surface area contributed by atoms with Crippen molar-refractivity contribution in [3.8, 4) is 0 Å². The Bertz CT molecular complexity index is 832. The van der Waals surface area contributed by atoms with Crippen molar-refractivity contribution >= 4 is 17.7 Å². The number of benzene rings is 1. The topological polar surface area (TPSA) is 36.9 Å². The van der Waals surface area contributed by atoms with Gasteiger partial charge in [0.2, 0.25) is 12.1 Å². The largest absolute Gasteiger partial charge is 0.462 e. The second kappa shape index (κ2) is 6.60. The molecule has 0 N–H and O–H groups in total. The van der Waals surface area contributed by atoms with Gasteiger partial charge in [-0.2, -0.15) is 0 Å². The van der Waals surface area contributed by atoms with Crippen LogP contribution < -0.4 is 0 Å². The lowest BCUT2D eigenvalue weighted by Crippen LogP contribution is -2.66. The van der Waals surface area contributed by atoms with Crippen molar-refractivity contribution in [3.63, 3.8) is 0 Å². The van der Waals surface area contributed by atoms with Crippen LogP contribution in [-0.2, 0) is 19.2 Å². The first kappa shape index (κ1) is 18.7. The fourth-order valence-electron chi connectivity index (χ4n) is 5.55. The van der Waals surface area contributed by atoms with Crippen LogP contribution in [0.5, 0.6) is 0 Å². The van der Waals surface area contributed by atoms with Crippen LogP contribution in [0.25, 0.3) is 6.08 Å². The molecule has 2 bridgehead atoms. The van der Waals surface area contributed by atoms with E-state index in [4.69, 9.17) is 30.8 Å². The smallest absolute Gasteiger partial charge is 0.235 e. The molecular weight excluding hydrogens is 376 g/mol. The first-order valence-corrected chi connectivity index (χ1v) is 10.6. The molecule has 4 nitrogen and oxygen atoms in total. The van der Waals surface area contributed by atoms with Gasteiger partial charge in [0.1, 0.15) is 5.76 Å². The van der Waals surface area contributed by atoms with Gasteiger partial charge in [-0.1, -0.05) is 36.7 Å². The molecule has 1 aromatic carbocycles. The summed E-state index contributed by atoms with van der Waals surface area (Å²) in [6.07, 6.45) is 7.77. The minimum absolute atomic E-state index is 0.236. The van der Waals surface area contributed by atoms with Crippen LogP contribution >= 0.6 is 11.6 Å². The van der Waals surface area contributed by atoms with Gasteiger partial charge in [-0.25, -0.2) is 9.78 Å². The van der Waals surface area contributed by atoms with Crippen LogP contribution in [0.1, 0.15) is 52.0 Å². The Morgan fingerprint density at radius 1 is 1.07 bits per heavy atom. The van der Waals surface area contributed by atoms with Gasteiger partial charge in [0.05, 0.1) is 0 Å². The Hall–Kier alpha value is -1.33. The van der Waals surface area contributed by atoms with Crippen LogP contribution in [-0.4, -0.2) is 17.7 Å². The maximum atomic E-state index is 6.44. The van der Waals surface area contributed by atoms with Gasteiger partial charge < -0.3 is 9.47 Å². The second-order valence-electron chi connectivity index (χ2n) is 8.91. The SMILES string of the molecule is CC1=C(/C=C\c2ccc(Cl)cc2)O[C@@H]2O[C@@]3(C)CC[C@H]4[C@H](C)CC[C@@H]1[C@@]24OO3. The summed E-state index contributed by atoms with van der Waals surface area (Å²) >= 11 is 5.99. The van der Waals surface area contributed by atoms with Gasteiger partial charge in [-0.05, 0) is 68.4 Å². The molecule has 5 heteroatoms. The number of rotatable bonds is 2. The van der Waals surface area contributed by atoms with E-state index in [1.807, 2.05) is 37.3 Å². The summed E-state index contributed by atoms with van der Waals surface area (Å²) in [5, 5.41) is 0.735. The summed E-state index contributed by atoms with van der Waals surface area (Å²) in [5.74, 6) is 1.31. The molecule has 4 fully saturated rings. The molecule has 4 aliphatic heterocycles. The summed E-state index contributed by atoms with van der Waals surface area (Å²) in [7, 11) is 0. The Labute approximate surface area is 171 Å². The maximum absolute atomic E-state index is 6.44. The molecule has 150 valence electrons. The highest BCUT2D eigenvalue weighted by molar-refractivity contribution is 6.30. The molecule has 4 heterocycles. The lowest BCUT2D eigenvalue weighted by molar-refractivity contribution is -0.555. The monoisotopic (exact) mass is 402 g/mol. The molecule has 1 saturated carbocycles. The number of hydrogen-bond donors (Lipinski definition) is 0. The highest BCUT2D eigenvalue weighted by atomic mass is 35.5. The van der Waals surface area contributed by atoms with Gasteiger partial charge in [0.15, 0.2) is 5.60 Å². The average molecular weight is 403 g/mol. The Morgan fingerprint density at radius 2 is 1.86 bits per heavy atom. The van der Waals surface area contributed by atoms with E-state index < -0.39 is 17.7 Å². The highest BCUT2D eigenvalue weighted by Gasteiger charge is 2.68. The summed E-state index contributed by atoms with van der Waals surface area (Å²) < 4.78 is 12.8. The molecule has 1 aromatic rings. The Morgan fingerprint density at radius 3 is 2.64 bits per heavy atom. The van der Waals surface area contributed by atoms with Crippen molar-refractivity contribution in [1.29, 1.82) is 0 Å². The van der Waals surface area contributed by atoms with E-state index in [1.54, 1.807) is 0 Å². The van der Waals surface area contributed by atoms with Crippen molar-refractivity contribution in [3.05, 3.63) is 52.3 Å². The fourth-order valence-corrected chi connectivity index (χ4v) is 5.68. The van der Waals surface area contributed by atoms with E-state index in [9.17, 15) is 0 Å². The summed E-state index contributed by atoms with van der Waals surface area (Å²) in [5.41, 5.74) is 1.75. The summed E-state index contributed by atoms with van der Waals surface area (Å²) in [6, 6.07) is 7.79. The fraction of sp³-hybridized carbons (Fsp3) is 0.565. The standard InChI is InChI=1S/C23H27ClO4/c1-14-4-10-19-15(2)20(11-7-16-5-8-17(24)9-6-16)25-21-23(19)18(14)12-13-22(3,26-21)27-28-23/h5-9,11,14,18-19,21H,4,10,12-13H2,1-3H3/b11-7-/t14-,18+,19+,21-,22-,23-/m1/s1. The van der Waals surface area contributed by atoms with Gasteiger partial charge in [0, 0.05) is 23.3 Å². The highest BCUT2D eigenvalue weighted by Crippen LogP contribution is 2.60. The van der Waals surface area contributed by atoms with E-state index in [0.717, 1.165) is 35.6 Å². The zero-order chi connectivity index (χ0) is 19.5. The normalized spacial score (nSPS) is 42.3. The third-order valence-corrected chi connectivity index (χ3v) is 7.41. The van der Waals surface area contributed by atoms with Gasteiger partial charge in [-0.3, -0.25) is 0 Å². The molecular formula is C23H27ClO4. The van der Waals surface area contributed by atoms with E-state index in [0.29, 0.717) is 11.8 Å². The van der Waals surface area contributed by atoms with Crippen molar-refractivity contribution in [2.24, 2.45) is 17.8 Å². The Balaban J connectivity index is 1.53. The molecule has 5 aliphatic rings. The first-order chi connectivity index (χ1) is 13.4. The van der Waals surface area contributed by atoms with Crippen LogP contribution in [0.2, 0.25) is 5.02 Å². The second-order valence-corrected chi connectivity index (χ2v) is 9.34. The van der Waals surface area contributed by atoms with Crippen molar-refractivity contribution in [1.82, 2.24) is 0 Å². The minimum Gasteiger partial charge on any atom is -0.462 e. The molecule has 0 amide bonds. The number of hydrogen-bond acceptors (Lipinski definition) is 4. The number of halogens is 1. The summed E-state index contributed by atoms with van der Waals surface area (Å²) in [6.45, 7) is 6.44. The first-order valence-electron chi connectivity index (χ1n) is 10.3. The number of allylic oxidation sites excluding steroid dienone is 1. The van der Waals surface area contributed by atoms with E-state index in [-0.39, 0.29) is 5.92 Å². The van der Waals surface area contributed by atoms with Crippen LogP contribution in [0.4, 0.5) is 0 Å². The maximum Gasteiger partial charge on any atom is 0.235 e. The molecule has 6 rings (SSSR count). The van der Waals surface area contributed by atoms with E-state index >= 15 is 0 Å². The van der Waals surface area contributed by atoms with Crippen LogP contribution in [0.3, 0.4) is 0 Å². The van der Waals surface area contributed by atoms with Gasteiger partial charge in [-0.15, -0.1) is 0 Å². The van der Waals surface area contributed by atoms with E-state index in [2.05, 4.69) is 19.9 Å². The molecule has 1 aliphatic carbocycles. The Kier molecular flexibility index (Phi) is 4.40. The van der Waals surface area contributed by atoms with Gasteiger partial charge >= 0.3 is 0 Å². The lowest BCUT2D eigenvalue weighted by atomic mass is 9.59. The predicted molar refractivity (Wildman–Crippen MR) is 107 cm³/mol. The molecule has 0 aromatic heterocycles. The zero-order valence-electron chi connectivity index (χ0n) is 16.6. The molecule has 3 saturated heterocycles. The third kappa shape index (κ3) is 2.77. The molecule has 28 heavy (non-hydrogen) atoms. The molecule has 0 unspecified atom stereocenters. The van der Waals surface area contributed by atoms with Crippen LogP contribution in [0, 0.1) is 17.8 Å². The minimum atomic E-state index is -0.742. The van der Waals surface area contributed by atoms with Crippen molar-refractivity contribution < 1.29 is 19.2 Å². The third-order valence-electron chi connectivity index (χ3n) is 7.16. The quantitative estimate of drug-likeness (QED) is 0.579. The van der Waals surface area contributed by atoms with Crippen LogP contribution in [0.15, 0.2) is 41.7 Å². The lowest BCUT2D eigenvalue weighted by Gasteiger charge is -2.57. The van der Waals surface area contributed by atoms with E-state index in [1.165, 1.54) is 12.0 Å². The molecule has 6 atom stereocenters. The predicted octanol–water partition coefficient (Wildman–Crippen LogP) is 5.87. The average Bonchev–Trinajstić information content (AvgIpc) is 2.91. The molecule has 1 spiro atoms. The van der Waals surface area contributed by atoms with Crippen molar-refractivity contribution in [2.75, 3.05) is 0 Å².